The quantitative estimate of drug-likeness (QED) is 0.412. The van der Waals surface area contributed by atoms with E-state index in [9.17, 15) is 9.59 Å². The Labute approximate surface area is 237 Å². The van der Waals surface area contributed by atoms with Gasteiger partial charge in [-0.2, -0.15) is 0 Å². The lowest BCUT2D eigenvalue weighted by molar-refractivity contribution is 0.0895. The fourth-order valence-corrected chi connectivity index (χ4v) is 6.11. The van der Waals surface area contributed by atoms with Gasteiger partial charge in [0, 0.05) is 62.9 Å². The van der Waals surface area contributed by atoms with Crippen molar-refractivity contribution in [1.82, 2.24) is 30.4 Å². The van der Waals surface area contributed by atoms with Crippen LogP contribution in [0.2, 0.25) is 5.15 Å². The second-order valence-electron chi connectivity index (χ2n) is 11.2. The first-order valence-electron chi connectivity index (χ1n) is 14.4. The molecule has 0 unspecified atom stereocenters. The summed E-state index contributed by atoms with van der Waals surface area (Å²) in [6.45, 7) is 9.16. The van der Waals surface area contributed by atoms with Crippen LogP contribution in [0, 0.1) is 13.8 Å². The van der Waals surface area contributed by atoms with Crippen molar-refractivity contribution in [3.63, 3.8) is 0 Å². The van der Waals surface area contributed by atoms with Crippen LogP contribution in [-0.2, 0) is 6.54 Å². The van der Waals surface area contributed by atoms with Crippen LogP contribution in [0.15, 0.2) is 30.7 Å². The van der Waals surface area contributed by atoms with Gasteiger partial charge in [0.25, 0.3) is 5.91 Å². The molecule has 2 aliphatic rings. The van der Waals surface area contributed by atoms with Crippen LogP contribution in [0.4, 0.5) is 4.79 Å². The van der Waals surface area contributed by atoms with E-state index in [1.807, 2.05) is 19.2 Å². The maximum Gasteiger partial charge on any atom is 0.318 e. The van der Waals surface area contributed by atoms with Gasteiger partial charge in [-0.25, -0.2) is 9.78 Å². The zero-order valence-corrected chi connectivity index (χ0v) is 24.3. The molecule has 2 aromatic heterocycles. The largest absolute Gasteiger partial charge is 0.352 e. The molecule has 4 rings (SSSR count). The molecular weight excluding hydrogens is 512 g/mol. The zero-order valence-electron chi connectivity index (χ0n) is 23.6. The Balaban J connectivity index is 1.31. The van der Waals surface area contributed by atoms with Crippen LogP contribution < -0.4 is 10.6 Å². The molecule has 2 N–H and O–H groups in total. The van der Waals surface area contributed by atoms with E-state index in [1.165, 1.54) is 19.3 Å². The van der Waals surface area contributed by atoms with Crippen molar-refractivity contribution in [2.75, 3.05) is 19.6 Å². The number of piperidine rings is 1. The number of hydrogen-bond donors (Lipinski definition) is 2. The second kappa shape index (κ2) is 14.1. The van der Waals surface area contributed by atoms with Crippen molar-refractivity contribution in [1.29, 1.82) is 0 Å². The smallest absolute Gasteiger partial charge is 0.318 e. The maximum atomic E-state index is 13.5. The summed E-state index contributed by atoms with van der Waals surface area (Å²) in [5, 5.41) is 6.59. The van der Waals surface area contributed by atoms with Crippen molar-refractivity contribution in [2.24, 2.45) is 0 Å². The molecule has 8 nitrogen and oxygen atoms in total. The Morgan fingerprint density at radius 3 is 2.49 bits per heavy atom. The number of nitrogens with one attached hydrogen (secondary N) is 2. The minimum atomic E-state index is -0.179. The van der Waals surface area contributed by atoms with E-state index in [-0.39, 0.29) is 29.2 Å². The van der Waals surface area contributed by atoms with E-state index >= 15 is 0 Å². The summed E-state index contributed by atoms with van der Waals surface area (Å²) in [5.41, 5.74) is 3.53. The van der Waals surface area contributed by atoms with Gasteiger partial charge in [-0.3, -0.25) is 9.78 Å². The molecule has 3 heterocycles. The third-order valence-corrected chi connectivity index (χ3v) is 8.72. The Morgan fingerprint density at radius 1 is 1.08 bits per heavy atom. The standard InChI is InChI=1S/C30H43ClN6O2/c1-21-9-14-32-19-24(21)20-37(30(39)35-25-7-5-4-6-8-25)26-12-17-36(18-13-26)23(3)11-16-34-29(38)27-22(2)10-15-33-28(27)31/h9-10,14-15,19,23,25-26H,4-8,11-13,16-18,20H2,1-3H3,(H,34,38)(H,35,39)/t23-/m1/s1. The van der Waals surface area contributed by atoms with Gasteiger partial charge in [-0.05, 0) is 81.7 Å². The Morgan fingerprint density at radius 2 is 1.79 bits per heavy atom. The zero-order chi connectivity index (χ0) is 27.8. The van der Waals surface area contributed by atoms with E-state index in [4.69, 9.17) is 11.6 Å². The first-order valence-corrected chi connectivity index (χ1v) is 14.8. The van der Waals surface area contributed by atoms with Crippen LogP contribution >= 0.6 is 11.6 Å². The van der Waals surface area contributed by atoms with Gasteiger partial charge in [0.1, 0.15) is 5.15 Å². The predicted octanol–water partition coefficient (Wildman–Crippen LogP) is 5.26. The number of carbonyl (C=O) groups is 2. The van der Waals surface area contributed by atoms with E-state index < -0.39 is 0 Å². The lowest BCUT2D eigenvalue weighted by Gasteiger charge is -2.41. The van der Waals surface area contributed by atoms with Crippen molar-refractivity contribution in [2.45, 2.75) is 96.8 Å². The average molecular weight is 555 g/mol. The van der Waals surface area contributed by atoms with Gasteiger partial charge in [0.15, 0.2) is 0 Å². The van der Waals surface area contributed by atoms with Crippen LogP contribution in [0.25, 0.3) is 0 Å². The van der Waals surface area contributed by atoms with E-state index in [0.717, 1.165) is 61.9 Å². The molecule has 1 aliphatic heterocycles. The highest BCUT2D eigenvalue weighted by molar-refractivity contribution is 6.32. The van der Waals surface area contributed by atoms with Crippen LogP contribution in [0.3, 0.4) is 0 Å². The number of nitrogens with zero attached hydrogens (tertiary/aromatic N) is 4. The maximum absolute atomic E-state index is 13.5. The van der Waals surface area contributed by atoms with Gasteiger partial charge >= 0.3 is 6.03 Å². The number of urea groups is 1. The molecule has 1 atom stereocenters. The monoisotopic (exact) mass is 554 g/mol. The van der Waals surface area contributed by atoms with Gasteiger partial charge < -0.3 is 20.4 Å². The summed E-state index contributed by atoms with van der Waals surface area (Å²) in [6.07, 6.45) is 13.8. The minimum Gasteiger partial charge on any atom is -0.352 e. The van der Waals surface area contributed by atoms with Crippen molar-refractivity contribution in [3.05, 3.63) is 58.1 Å². The number of rotatable bonds is 9. The summed E-state index contributed by atoms with van der Waals surface area (Å²) >= 11 is 6.15. The molecule has 0 radical (unpaired) electrons. The highest BCUT2D eigenvalue weighted by Crippen LogP contribution is 2.24. The summed E-state index contributed by atoms with van der Waals surface area (Å²) in [4.78, 5) is 39.1. The highest BCUT2D eigenvalue weighted by atomic mass is 35.5. The molecule has 1 aliphatic carbocycles. The predicted molar refractivity (Wildman–Crippen MR) is 155 cm³/mol. The van der Waals surface area contributed by atoms with Crippen LogP contribution in [-0.4, -0.2) is 69.5 Å². The SMILES string of the molecule is Cc1ccncc1CN(C(=O)NC1CCCCC1)C1CCN([C@H](C)CCNC(=O)c2c(C)ccnc2Cl)CC1. The number of carbonyl (C=O) groups excluding carboxylic acids is 2. The molecule has 0 aromatic carbocycles. The fourth-order valence-electron chi connectivity index (χ4n) is 5.82. The van der Waals surface area contributed by atoms with Crippen molar-refractivity contribution < 1.29 is 9.59 Å². The summed E-state index contributed by atoms with van der Waals surface area (Å²) in [7, 11) is 0. The van der Waals surface area contributed by atoms with E-state index in [0.29, 0.717) is 24.7 Å². The summed E-state index contributed by atoms with van der Waals surface area (Å²) < 4.78 is 0. The number of aromatic nitrogens is 2. The molecule has 1 saturated heterocycles. The molecule has 0 spiro atoms. The molecule has 2 fully saturated rings. The summed E-state index contributed by atoms with van der Waals surface area (Å²) in [5.74, 6) is -0.179. The number of halogens is 1. The lowest BCUT2D eigenvalue weighted by atomic mass is 9.95. The van der Waals surface area contributed by atoms with Gasteiger partial charge in [-0.15, -0.1) is 0 Å². The Bertz CT molecular complexity index is 1090. The number of amides is 3. The molecule has 39 heavy (non-hydrogen) atoms. The number of hydrogen-bond acceptors (Lipinski definition) is 5. The fraction of sp³-hybridized carbons (Fsp3) is 0.600. The molecule has 0 bridgehead atoms. The summed E-state index contributed by atoms with van der Waals surface area (Å²) in [6, 6.07) is 4.66. The number of pyridine rings is 2. The number of likely N-dealkylation sites (tertiary alicyclic amines) is 1. The first kappa shape index (κ1) is 29.3. The average Bonchev–Trinajstić information content (AvgIpc) is 2.93. The normalized spacial score (nSPS) is 17.9. The second-order valence-corrected chi connectivity index (χ2v) is 11.5. The minimum absolute atomic E-state index is 0.0590. The molecular formula is C30H43ClN6O2. The molecule has 3 amide bonds. The molecule has 1 saturated carbocycles. The third-order valence-electron chi connectivity index (χ3n) is 8.43. The Hall–Kier alpha value is -2.71. The first-order chi connectivity index (χ1) is 18.8. The van der Waals surface area contributed by atoms with Crippen LogP contribution in [0.5, 0.6) is 0 Å². The topological polar surface area (TPSA) is 90.5 Å². The van der Waals surface area contributed by atoms with E-state index in [1.54, 1.807) is 18.5 Å². The van der Waals surface area contributed by atoms with Crippen LogP contribution in [0.1, 0.15) is 85.3 Å². The molecule has 2 aromatic rings. The Kier molecular flexibility index (Phi) is 10.6. The number of aryl methyl sites for hydroxylation is 2. The third kappa shape index (κ3) is 7.92. The van der Waals surface area contributed by atoms with E-state index in [2.05, 4.69) is 44.2 Å². The molecule has 212 valence electrons. The van der Waals surface area contributed by atoms with Gasteiger partial charge in [-0.1, -0.05) is 30.9 Å². The molecule has 9 heteroatoms. The highest BCUT2D eigenvalue weighted by Gasteiger charge is 2.31. The van der Waals surface area contributed by atoms with Gasteiger partial charge in [0.2, 0.25) is 0 Å². The lowest BCUT2D eigenvalue weighted by Crippen LogP contribution is -2.53. The van der Waals surface area contributed by atoms with Crippen molar-refractivity contribution in [3.8, 4) is 0 Å². The van der Waals surface area contributed by atoms with Crippen molar-refractivity contribution >= 4 is 23.5 Å². The van der Waals surface area contributed by atoms with Gasteiger partial charge in [0.05, 0.1) is 5.56 Å².